The van der Waals surface area contributed by atoms with Crippen molar-refractivity contribution in [2.45, 2.75) is 13.3 Å². The van der Waals surface area contributed by atoms with E-state index in [-0.39, 0.29) is 11.7 Å². The average Bonchev–Trinajstić information content (AvgIpc) is 2.47. The highest BCUT2D eigenvalue weighted by Crippen LogP contribution is 2.07. The number of rotatable bonds is 5. The smallest absolute Gasteiger partial charge is 0.244 e. The first kappa shape index (κ1) is 15.0. The van der Waals surface area contributed by atoms with E-state index >= 15 is 0 Å². The Hall–Kier alpha value is -2.42. The maximum atomic E-state index is 13.0. The van der Waals surface area contributed by atoms with Crippen LogP contribution in [0.5, 0.6) is 0 Å². The van der Waals surface area contributed by atoms with Crippen molar-refractivity contribution in [3.63, 3.8) is 0 Å². The number of hydrogen-bond acceptors (Lipinski definition) is 1. The summed E-state index contributed by atoms with van der Waals surface area (Å²) < 4.78 is 13.0. The molecule has 0 unspecified atom stereocenters. The number of amides is 1. The molecule has 0 aliphatic rings. The predicted octanol–water partition coefficient (Wildman–Crippen LogP) is 3.51. The lowest BCUT2D eigenvalue weighted by atomic mass is 10.1. The molecular formula is C18H18FNO. The third-order valence-electron chi connectivity index (χ3n) is 3.23. The zero-order valence-corrected chi connectivity index (χ0v) is 12.0. The Morgan fingerprint density at radius 2 is 2.00 bits per heavy atom. The van der Waals surface area contributed by atoms with Gasteiger partial charge in [-0.25, -0.2) is 4.39 Å². The van der Waals surface area contributed by atoms with Crippen LogP contribution in [0, 0.1) is 12.7 Å². The van der Waals surface area contributed by atoms with Crippen LogP contribution in [0.4, 0.5) is 4.39 Å². The van der Waals surface area contributed by atoms with Gasteiger partial charge in [0.1, 0.15) is 5.82 Å². The minimum atomic E-state index is -0.308. The molecule has 0 heterocycles. The highest BCUT2D eigenvalue weighted by atomic mass is 19.1. The van der Waals surface area contributed by atoms with Gasteiger partial charge >= 0.3 is 0 Å². The van der Waals surface area contributed by atoms with Gasteiger partial charge in [0, 0.05) is 12.6 Å². The lowest BCUT2D eigenvalue weighted by Crippen LogP contribution is -2.23. The van der Waals surface area contributed by atoms with Crippen molar-refractivity contribution in [2.75, 3.05) is 6.54 Å². The maximum absolute atomic E-state index is 13.0. The molecule has 1 N–H and O–H groups in total. The van der Waals surface area contributed by atoms with E-state index in [9.17, 15) is 9.18 Å². The van der Waals surface area contributed by atoms with E-state index in [1.165, 1.54) is 29.3 Å². The Morgan fingerprint density at radius 1 is 1.19 bits per heavy atom. The topological polar surface area (TPSA) is 29.1 Å². The second-order valence-electron chi connectivity index (χ2n) is 4.86. The fraction of sp³-hybridized carbons (Fsp3) is 0.167. The van der Waals surface area contributed by atoms with Crippen molar-refractivity contribution in [1.29, 1.82) is 0 Å². The number of nitrogens with one attached hydrogen (secondary N) is 1. The predicted molar refractivity (Wildman–Crippen MR) is 83.3 cm³/mol. The molecule has 0 bridgehead atoms. The molecule has 0 fully saturated rings. The second kappa shape index (κ2) is 7.39. The molecule has 2 aromatic carbocycles. The van der Waals surface area contributed by atoms with Crippen molar-refractivity contribution in [3.8, 4) is 0 Å². The molecule has 3 heteroatoms. The number of benzene rings is 2. The fourth-order valence-electron chi connectivity index (χ4n) is 2.05. The van der Waals surface area contributed by atoms with Crippen LogP contribution in [0.1, 0.15) is 16.7 Å². The summed E-state index contributed by atoms with van der Waals surface area (Å²) in [7, 11) is 0. The van der Waals surface area contributed by atoms with Crippen LogP contribution >= 0.6 is 0 Å². The standard InChI is InChI=1S/C18H18FNO/c1-14-5-2-3-7-16(14)11-12-20-18(21)10-9-15-6-4-8-17(19)13-15/h2-10,13H,11-12H2,1H3,(H,20,21)/b10-9+. The van der Waals surface area contributed by atoms with E-state index in [1.54, 1.807) is 18.2 Å². The molecule has 0 aliphatic heterocycles. The molecule has 2 nitrogen and oxygen atoms in total. The molecule has 0 aliphatic carbocycles. The summed E-state index contributed by atoms with van der Waals surface area (Å²) in [5, 5.41) is 2.82. The first-order valence-corrected chi connectivity index (χ1v) is 6.91. The summed E-state index contributed by atoms with van der Waals surface area (Å²) in [6, 6.07) is 14.2. The van der Waals surface area contributed by atoms with Crippen molar-refractivity contribution < 1.29 is 9.18 Å². The highest BCUT2D eigenvalue weighted by Gasteiger charge is 1.99. The lowest BCUT2D eigenvalue weighted by molar-refractivity contribution is -0.116. The van der Waals surface area contributed by atoms with Crippen molar-refractivity contribution in [2.24, 2.45) is 0 Å². The summed E-state index contributed by atoms with van der Waals surface area (Å²) in [5.41, 5.74) is 3.12. The van der Waals surface area contributed by atoms with Crippen LogP contribution in [0.25, 0.3) is 6.08 Å². The Morgan fingerprint density at radius 3 is 2.76 bits per heavy atom. The summed E-state index contributed by atoms with van der Waals surface area (Å²) in [4.78, 5) is 11.7. The lowest BCUT2D eigenvalue weighted by Gasteiger charge is -2.05. The fourth-order valence-corrected chi connectivity index (χ4v) is 2.05. The van der Waals surface area contributed by atoms with E-state index in [0.29, 0.717) is 12.1 Å². The van der Waals surface area contributed by atoms with E-state index in [1.807, 2.05) is 12.1 Å². The molecule has 2 aromatic rings. The van der Waals surface area contributed by atoms with E-state index in [2.05, 4.69) is 24.4 Å². The molecule has 0 atom stereocenters. The number of hydrogen-bond donors (Lipinski definition) is 1. The molecular weight excluding hydrogens is 265 g/mol. The van der Waals surface area contributed by atoms with Gasteiger partial charge in [0.25, 0.3) is 0 Å². The monoisotopic (exact) mass is 283 g/mol. The molecule has 0 spiro atoms. The van der Waals surface area contributed by atoms with Gasteiger partial charge in [-0.15, -0.1) is 0 Å². The van der Waals surface area contributed by atoms with Gasteiger partial charge in [-0.2, -0.15) is 0 Å². The van der Waals surface area contributed by atoms with Crippen LogP contribution in [0.3, 0.4) is 0 Å². The van der Waals surface area contributed by atoms with Crippen LogP contribution in [0.15, 0.2) is 54.6 Å². The van der Waals surface area contributed by atoms with E-state index < -0.39 is 0 Å². The molecule has 2 rings (SSSR count). The Labute approximate surface area is 124 Å². The van der Waals surface area contributed by atoms with Gasteiger partial charge in [0.2, 0.25) is 5.91 Å². The number of carbonyl (C=O) groups excluding carboxylic acids is 1. The first-order chi connectivity index (χ1) is 10.1. The van der Waals surface area contributed by atoms with E-state index in [4.69, 9.17) is 0 Å². The second-order valence-corrected chi connectivity index (χ2v) is 4.86. The van der Waals surface area contributed by atoms with Gasteiger partial charge in [-0.1, -0.05) is 36.4 Å². The normalized spacial score (nSPS) is 10.8. The number of halogens is 1. The minimum Gasteiger partial charge on any atom is -0.352 e. The molecule has 0 saturated carbocycles. The van der Waals surface area contributed by atoms with Gasteiger partial charge in [0.15, 0.2) is 0 Å². The zero-order valence-electron chi connectivity index (χ0n) is 12.0. The van der Waals surface area contributed by atoms with Crippen LogP contribution in [-0.4, -0.2) is 12.5 Å². The minimum absolute atomic E-state index is 0.173. The SMILES string of the molecule is Cc1ccccc1CCNC(=O)/C=C/c1cccc(F)c1. The summed E-state index contributed by atoms with van der Waals surface area (Å²) in [5.74, 6) is -0.482. The maximum Gasteiger partial charge on any atom is 0.244 e. The van der Waals surface area contributed by atoms with Crippen molar-refractivity contribution in [3.05, 3.63) is 77.1 Å². The van der Waals surface area contributed by atoms with E-state index in [0.717, 1.165) is 6.42 Å². The summed E-state index contributed by atoms with van der Waals surface area (Å²) in [6.07, 6.45) is 3.82. The Kier molecular flexibility index (Phi) is 5.27. The van der Waals surface area contributed by atoms with Crippen LogP contribution in [0.2, 0.25) is 0 Å². The van der Waals surface area contributed by atoms with Gasteiger partial charge in [0.05, 0.1) is 0 Å². The van der Waals surface area contributed by atoms with Crippen LogP contribution < -0.4 is 5.32 Å². The third-order valence-corrected chi connectivity index (χ3v) is 3.23. The molecule has 0 saturated heterocycles. The third kappa shape index (κ3) is 4.88. The van der Waals surface area contributed by atoms with Crippen LogP contribution in [-0.2, 0) is 11.2 Å². The Bertz CT molecular complexity index is 649. The summed E-state index contributed by atoms with van der Waals surface area (Å²) in [6.45, 7) is 2.64. The van der Waals surface area contributed by atoms with Gasteiger partial charge in [-0.05, 0) is 48.2 Å². The first-order valence-electron chi connectivity index (χ1n) is 6.91. The highest BCUT2D eigenvalue weighted by molar-refractivity contribution is 5.91. The zero-order chi connectivity index (χ0) is 15.1. The Balaban J connectivity index is 1.81. The molecule has 0 radical (unpaired) electrons. The molecule has 21 heavy (non-hydrogen) atoms. The largest absolute Gasteiger partial charge is 0.352 e. The molecule has 1 amide bonds. The summed E-state index contributed by atoms with van der Waals surface area (Å²) >= 11 is 0. The number of carbonyl (C=O) groups is 1. The van der Waals surface area contributed by atoms with Gasteiger partial charge in [-0.3, -0.25) is 4.79 Å². The molecule has 0 aromatic heterocycles. The molecule has 108 valence electrons. The van der Waals surface area contributed by atoms with Gasteiger partial charge < -0.3 is 5.32 Å². The quantitative estimate of drug-likeness (QED) is 0.836. The van der Waals surface area contributed by atoms with Crippen molar-refractivity contribution >= 4 is 12.0 Å². The van der Waals surface area contributed by atoms with Crippen molar-refractivity contribution in [1.82, 2.24) is 5.32 Å². The number of aryl methyl sites for hydroxylation is 1. The average molecular weight is 283 g/mol.